The lowest BCUT2D eigenvalue weighted by Gasteiger charge is -2.08. The third kappa shape index (κ3) is 5.07. The predicted octanol–water partition coefficient (Wildman–Crippen LogP) is 2.85. The molecule has 0 saturated carbocycles. The highest BCUT2D eigenvalue weighted by molar-refractivity contribution is 5.96. The maximum Gasteiger partial charge on any atom is 0.389 e. The Hall–Kier alpha value is -1.72. The number of phenols is 1. The van der Waals surface area contributed by atoms with Crippen LogP contribution in [0.15, 0.2) is 24.3 Å². The van der Waals surface area contributed by atoms with Crippen LogP contribution in [0.1, 0.15) is 29.6 Å². The van der Waals surface area contributed by atoms with E-state index in [0.717, 1.165) is 0 Å². The number of phenolic OH excluding ortho intramolecular Hbond substituents is 1. The minimum absolute atomic E-state index is 0.0233. The number of hydrogen-bond donors (Lipinski definition) is 2. The van der Waals surface area contributed by atoms with Crippen LogP contribution in [0.2, 0.25) is 0 Å². The molecule has 1 amide bonds. The minimum Gasteiger partial charge on any atom is -0.507 e. The van der Waals surface area contributed by atoms with Crippen LogP contribution in [-0.2, 0) is 0 Å². The van der Waals surface area contributed by atoms with Crippen molar-refractivity contribution in [3.05, 3.63) is 29.8 Å². The second-order valence-electron chi connectivity index (χ2n) is 3.85. The largest absolute Gasteiger partial charge is 0.507 e. The predicted molar refractivity (Wildman–Crippen MR) is 60.3 cm³/mol. The summed E-state index contributed by atoms with van der Waals surface area (Å²) in [6.07, 6.45) is -4.77. The van der Waals surface area contributed by atoms with Gasteiger partial charge in [-0.25, -0.2) is 0 Å². The number of rotatable bonds is 5. The molecule has 0 bridgehead atoms. The van der Waals surface area contributed by atoms with Crippen LogP contribution < -0.4 is 5.32 Å². The molecule has 0 aliphatic rings. The zero-order chi connectivity index (χ0) is 13.6. The lowest BCUT2D eigenvalue weighted by Crippen LogP contribution is -2.24. The van der Waals surface area contributed by atoms with Crippen LogP contribution in [0.25, 0.3) is 0 Å². The van der Waals surface area contributed by atoms with Crippen molar-refractivity contribution in [2.24, 2.45) is 0 Å². The summed E-state index contributed by atoms with van der Waals surface area (Å²) < 4.78 is 35.5. The summed E-state index contributed by atoms with van der Waals surface area (Å²) >= 11 is 0. The maximum atomic E-state index is 11.8. The van der Waals surface area contributed by atoms with Crippen molar-refractivity contribution in [2.75, 3.05) is 6.54 Å². The van der Waals surface area contributed by atoms with Gasteiger partial charge in [0.25, 0.3) is 5.91 Å². The molecule has 6 heteroatoms. The number of unbranched alkanes of at least 4 members (excludes halogenated alkanes) is 1. The summed E-state index contributed by atoms with van der Waals surface area (Å²) in [6.45, 7) is 0.156. The van der Waals surface area contributed by atoms with Crippen molar-refractivity contribution in [3.8, 4) is 5.75 Å². The molecule has 0 heterocycles. The van der Waals surface area contributed by atoms with Crippen LogP contribution in [0.3, 0.4) is 0 Å². The molecule has 0 aromatic heterocycles. The molecule has 0 aliphatic heterocycles. The summed E-state index contributed by atoms with van der Waals surface area (Å²) in [7, 11) is 0. The van der Waals surface area contributed by atoms with E-state index in [2.05, 4.69) is 5.32 Å². The number of amides is 1. The highest BCUT2D eigenvalue weighted by Gasteiger charge is 2.25. The Morgan fingerprint density at radius 1 is 1.22 bits per heavy atom. The second kappa shape index (κ2) is 6.28. The molecule has 0 fully saturated rings. The molecule has 100 valence electrons. The highest BCUT2D eigenvalue weighted by Crippen LogP contribution is 2.22. The molecule has 0 aliphatic carbocycles. The summed E-state index contributed by atoms with van der Waals surface area (Å²) in [5.74, 6) is -0.634. The first kappa shape index (κ1) is 14.3. The van der Waals surface area contributed by atoms with E-state index in [1.165, 1.54) is 12.1 Å². The summed E-state index contributed by atoms with van der Waals surface area (Å²) in [5.41, 5.74) is 0.119. The zero-order valence-corrected chi connectivity index (χ0v) is 9.63. The van der Waals surface area contributed by atoms with E-state index in [1.807, 2.05) is 0 Å². The molecule has 0 unspecified atom stereocenters. The average Bonchev–Trinajstić information content (AvgIpc) is 2.27. The quantitative estimate of drug-likeness (QED) is 0.801. The van der Waals surface area contributed by atoms with Crippen LogP contribution in [0.4, 0.5) is 13.2 Å². The van der Waals surface area contributed by atoms with Crippen LogP contribution in [0.5, 0.6) is 5.75 Å². The number of nitrogens with one attached hydrogen (secondary N) is 1. The summed E-state index contributed by atoms with van der Waals surface area (Å²) in [5, 5.41) is 11.8. The maximum absolute atomic E-state index is 11.8. The van der Waals surface area contributed by atoms with Crippen molar-refractivity contribution < 1.29 is 23.1 Å². The van der Waals surface area contributed by atoms with E-state index in [1.54, 1.807) is 12.1 Å². The first-order valence-electron chi connectivity index (χ1n) is 5.53. The molecule has 0 spiro atoms. The number of benzene rings is 1. The van der Waals surface area contributed by atoms with Gasteiger partial charge < -0.3 is 10.4 Å². The lowest BCUT2D eigenvalue weighted by atomic mass is 10.2. The van der Waals surface area contributed by atoms with E-state index < -0.39 is 18.5 Å². The number of aromatic hydroxyl groups is 1. The number of alkyl halides is 3. The van der Waals surface area contributed by atoms with E-state index in [0.29, 0.717) is 0 Å². The molecule has 2 N–H and O–H groups in total. The van der Waals surface area contributed by atoms with Gasteiger partial charge in [0.05, 0.1) is 5.56 Å². The van der Waals surface area contributed by atoms with Gasteiger partial charge in [-0.3, -0.25) is 4.79 Å². The Morgan fingerprint density at radius 3 is 2.50 bits per heavy atom. The highest BCUT2D eigenvalue weighted by atomic mass is 19.4. The van der Waals surface area contributed by atoms with Crippen LogP contribution in [-0.4, -0.2) is 23.7 Å². The summed E-state index contributed by atoms with van der Waals surface area (Å²) in [6, 6.07) is 5.99. The SMILES string of the molecule is O=C(NCCCCC(F)(F)F)c1ccccc1O. The van der Waals surface area contributed by atoms with Crippen molar-refractivity contribution in [1.82, 2.24) is 5.32 Å². The molecular formula is C12H14F3NO2. The monoisotopic (exact) mass is 261 g/mol. The minimum atomic E-state index is -4.15. The Kier molecular flexibility index (Phi) is 5.00. The Balaban J connectivity index is 2.28. The van der Waals surface area contributed by atoms with Gasteiger partial charge in [-0.15, -0.1) is 0 Å². The number of carbonyl (C=O) groups excluding carboxylic acids is 1. The van der Waals surface area contributed by atoms with Crippen LogP contribution >= 0.6 is 0 Å². The number of halogens is 3. The van der Waals surface area contributed by atoms with Gasteiger partial charge >= 0.3 is 6.18 Å². The van der Waals surface area contributed by atoms with Crippen molar-refractivity contribution in [1.29, 1.82) is 0 Å². The van der Waals surface area contributed by atoms with Crippen LogP contribution in [0, 0.1) is 0 Å². The third-order valence-electron chi connectivity index (χ3n) is 2.32. The third-order valence-corrected chi connectivity index (χ3v) is 2.32. The van der Waals surface area contributed by atoms with E-state index >= 15 is 0 Å². The molecule has 1 rings (SSSR count). The molecule has 0 radical (unpaired) electrons. The molecular weight excluding hydrogens is 247 g/mol. The number of para-hydroxylation sites is 1. The number of carbonyl (C=O) groups is 1. The van der Waals surface area contributed by atoms with Gasteiger partial charge in [0, 0.05) is 13.0 Å². The van der Waals surface area contributed by atoms with Gasteiger partial charge in [0.15, 0.2) is 0 Å². The van der Waals surface area contributed by atoms with Crippen molar-refractivity contribution >= 4 is 5.91 Å². The van der Waals surface area contributed by atoms with Gasteiger partial charge in [-0.2, -0.15) is 13.2 Å². The van der Waals surface area contributed by atoms with E-state index in [9.17, 15) is 23.1 Å². The molecule has 18 heavy (non-hydrogen) atoms. The first-order chi connectivity index (χ1) is 8.40. The molecule has 1 aromatic carbocycles. The van der Waals surface area contributed by atoms with Crippen molar-refractivity contribution in [3.63, 3.8) is 0 Å². The number of hydrogen-bond acceptors (Lipinski definition) is 2. The normalized spacial score (nSPS) is 11.3. The van der Waals surface area contributed by atoms with Gasteiger partial charge in [-0.1, -0.05) is 12.1 Å². The van der Waals surface area contributed by atoms with E-state index in [-0.39, 0.29) is 30.7 Å². The molecule has 1 aromatic rings. The fourth-order valence-corrected chi connectivity index (χ4v) is 1.41. The lowest BCUT2D eigenvalue weighted by molar-refractivity contribution is -0.135. The Labute approximate surface area is 103 Å². The van der Waals surface area contributed by atoms with Gasteiger partial charge in [0.2, 0.25) is 0 Å². The smallest absolute Gasteiger partial charge is 0.389 e. The topological polar surface area (TPSA) is 49.3 Å². The van der Waals surface area contributed by atoms with Gasteiger partial charge in [0.1, 0.15) is 5.75 Å². The Morgan fingerprint density at radius 2 is 1.89 bits per heavy atom. The second-order valence-corrected chi connectivity index (χ2v) is 3.85. The molecule has 0 saturated heterocycles. The fourth-order valence-electron chi connectivity index (χ4n) is 1.41. The van der Waals surface area contributed by atoms with Gasteiger partial charge in [-0.05, 0) is 25.0 Å². The molecule has 3 nitrogen and oxygen atoms in total. The first-order valence-corrected chi connectivity index (χ1v) is 5.53. The zero-order valence-electron chi connectivity index (χ0n) is 9.63. The van der Waals surface area contributed by atoms with E-state index in [4.69, 9.17) is 0 Å². The average molecular weight is 261 g/mol. The summed E-state index contributed by atoms with van der Waals surface area (Å²) in [4.78, 5) is 11.5. The standard InChI is InChI=1S/C12H14F3NO2/c13-12(14,15)7-3-4-8-16-11(18)9-5-1-2-6-10(9)17/h1-2,5-6,17H,3-4,7-8H2,(H,16,18). The molecule has 0 atom stereocenters. The Bertz CT molecular complexity index is 405. The fraction of sp³-hybridized carbons (Fsp3) is 0.417. The van der Waals surface area contributed by atoms with Crippen molar-refractivity contribution in [2.45, 2.75) is 25.4 Å².